The van der Waals surface area contributed by atoms with Gasteiger partial charge in [0.15, 0.2) is 11.5 Å². The molecule has 0 amide bonds. The zero-order valence-electron chi connectivity index (χ0n) is 12.1. The van der Waals surface area contributed by atoms with Gasteiger partial charge in [0.05, 0.1) is 14.2 Å². The summed E-state index contributed by atoms with van der Waals surface area (Å²) in [6.07, 6.45) is 0. The van der Waals surface area contributed by atoms with Crippen molar-refractivity contribution in [2.24, 2.45) is 0 Å². The van der Waals surface area contributed by atoms with Gasteiger partial charge in [-0.2, -0.15) is 0 Å². The van der Waals surface area contributed by atoms with Gasteiger partial charge in [-0.05, 0) is 36.4 Å². The van der Waals surface area contributed by atoms with E-state index in [9.17, 15) is 0 Å². The molecule has 2 aromatic rings. The van der Waals surface area contributed by atoms with Gasteiger partial charge in [0, 0.05) is 16.7 Å². The lowest BCUT2D eigenvalue weighted by Crippen LogP contribution is -2.12. The molecule has 0 saturated heterocycles. The smallest absolute Gasteiger partial charge is 0.203 e. The first-order chi connectivity index (χ1) is 10.2. The predicted molar refractivity (Wildman–Crippen MR) is 87.7 cm³/mol. The van der Waals surface area contributed by atoms with Crippen LogP contribution in [0.3, 0.4) is 0 Å². The molecule has 0 saturated carbocycles. The van der Waals surface area contributed by atoms with Gasteiger partial charge in [0.1, 0.15) is 6.61 Å². The Morgan fingerprint density at radius 3 is 2.14 bits per heavy atom. The number of hydrogen-bond acceptors (Lipinski definition) is 4. The molecule has 0 aromatic heterocycles. The summed E-state index contributed by atoms with van der Waals surface area (Å²) in [4.78, 5) is 0. The molecule has 0 aliphatic rings. The maximum atomic E-state index is 5.77. The Kier molecular flexibility index (Phi) is 5.75. The zero-order valence-corrected chi connectivity index (χ0v) is 13.6. The highest BCUT2D eigenvalue weighted by atomic mass is 79.9. The first-order valence-electron chi connectivity index (χ1n) is 6.58. The summed E-state index contributed by atoms with van der Waals surface area (Å²) in [6, 6.07) is 13.6. The Bertz CT molecular complexity index is 550. The Labute approximate surface area is 133 Å². The van der Waals surface area contributed by atoms with E-state index in [1.54, 1.807) is 14.2 Å². The summed E-state index contributed by atoms with van der Waals surface area (Å²) in [5.74, 6) is 1.95. The second kappa shape index (κ2) is 7.78. The summed E-state index contributed by atoms with van der Waals surface area (Å²) < 4.78 is 17.4. The van der Waals surface area contributed by atoms with E-state index in [-0.39, 0.29) is 0 Å². The first-order valence-corrected chi connectivity index (χ1v) is 7.37. The van der Waals surface area contributed by atoms with Crippen LogP contribution in [0.4, 0.5) is 5.69 Å². The molecule has 5 heteroatoms. The van der Waals surface area contributed by atoms with Crippen LogP contribution in [-0.2, 0) is 0 Å². The van der Waals surface area contributed by atoms with Crippen LogP contribution in [0.1, 0.15) is 0 Å². The van der Waals surface area contributed by atoms with Gasteiger partial charge in [-0.3, -0.25) is 0 Å². The molecule has 0 atom stereocenters. The number of halogens is 1. The largest absolute Gasteiger partial charge is 0.493 e. The number of rotatable bonds is 7. The van der Waals surface area contributed by atoms with Crippen LogP contribution in [0.2, 0.25) is 0 Å². The third-order valence-electron chi connectivity index (χ3n) is 2.90. The number of benzene rings is 2. The molecule has 0 radical (unpaired) electrons. The fourth-order valence-corrected chi connectivity index (χ4v) is 2.14. The Hall–Kier alpha value is -1.88. The number of methoxy groups -OCH3 is 2. The summed E-state index contributed by atoms with van der Waals surface area (Å²) in [5.41, 5.74) is 1.05. The molecule has 2 rings (SSSR count). The van der Waals surface area contributed by atoms with Gasteiger partial charge in [-0.15, -0.1) is 0 Å². The lowest BCUT2D eigenvalue weighted by atomic mass is 10.3. The fourth-order valence-electron chi connectivity index (χ4n) is 1.88. The maximum Gasteiger partial charge on any atom is 0.203 e. The average Bonchev–Trinajstić information content (AvgIpc) is 2.53. The highest BCUT2D eigenvalue weighted by Crippen LogP contribution is 2.36. The molecule has 4 nitrogen and oxygen atoms in total. The summed E-state index contributed by atoms with van der Waals surface area (Å²) in [6.45, 7) is 1.19. The minimum atomic E-state index is 0.507. The molecule has 1 N–H and O–H groups in total. The van der Waals surface area contributed by atoms with E-state index in [1.807, 2.05) is 42.5 Å². The van der Waals surface area contributed by atoms with Gasteiger partial charge in [-0.1, -0.05) is 22.0 Å². The minimum absolute atomic E-state index is 0.507. The minimum Gasteiger partial charge on any atom is -0.493 e. The lowest BCUT2D eigenvalue weighted by molar-refractivity contribution is 0.284. The lowest BCUT2D eigenvalue weighted by Gasteiger charge is -2.14. The zero-order chi connectivity index (χ0) is 15.1. The third kappa shape index (κ3) is 4.29. The Morgan fingerprint density at radius 2 is 1.57 bits per heavy atom. The van der Waals surface area contributed by atoms with E-state index in [0.29, 0.717) is 30.4 Å². The summed E-state index contributed by atoms with van der Waals surface area (Å²) >= 11 is 3.41. The molecule has 0 aliphatic heterocycles. The van der Waals surface area contributed by atoms with Crippen LogP contribution in [0.5, 0.6) is 17.2 Å². The van der Waals surface area contributed by atoms with Gasteiger partial charge in [-0.25, -0.2) is 0 Å². The molecule has 0 bridgehead atoms. The van der Waals surface area contributed by atoms with E-state index in [4.69, 9.17) is 14.2 Å². The van der Waals surface area contributed by atoms with E-state index >= 15 is 0 Å². The monoisotopic (exact) mass is 351 g/mol. The maximum absolute atomic E-state index is 5.77. The summed E-state index contributed by atoms with van der Waals surface area (Å²) in [7, 11) is 3.23. The average molecular weight is 352 g/mol. The summed E-state index contributed by atoms with van der Waals surface area (Å²) in [5, 5.41) is 3.29. The number of anilines is 1. The van der Waals surface area contributed by atoms with Crippen molar-refractivity contribution >= 4 is 21.6 Å². The number of nitrogens with one attached hydrogen (secondary N) is 1. The van der Waals surface area contributed by atoms with Crippen molar-refractivity contribution in [2.75, 3.05) is 32.7 Å². The van der Waals surface area contributed by atoms with E-state index < -0.39 is 0 Å². The van der Waals surface area contributed by atoms with Crippen molar-refractivity contribution in [1.82, 2.24) is 0 Å². The SMILES string of the molecule is COc1cccc(OC)c1OCCNc1ccc(Br)cc1. The van der Waals surface area contributed by atoms with Gasteiger partial charge in [0.2, 0.25) is 5.75 Å². The number of para-hydroxylation sites is 1. The van der Waals surface area contributed by atoms with Crippen LogP contribution in [0, 0.1) is 0 Å². The molecule has 21 heavy (non-hydrogen) atoms. The first kappa shape index (κ1) is 15.5. The second-order valence-corrected chi connectivity index (χ2v) is 5.19. The Morgan fingerprint density at radius 1 is 0.952 bits per heavy atom. The molecule has 2 aromatic carbocycles. The highest BCUT2D eigenvalue weighted by Gasteiger charge is 2.10. The molecular weight excluding hydrogens is 334 g/mol. The molecule has 0 aliphatic carbocycles. The number of ether oxygens (including phenoxy) is 3. The van der Waals surface area contributed by atoms with Crippen LogP contribution in [0.25, 0.3) is 0 Å². The quantitative estimate of drug-likeness (QED) is 0.766. The van der Waals surface area contributed by atoms with Gasteiger partial charge in [0.25, 0.3) is 0 Å². The van der Waals surface area contributed by atoms with Crippen LogP contribution in [-0.4, -0.2) is 27.4 Å². The van der Waals surface area contributed by atoms with Crippen molar-refractivity contribution in [3.8, 4) is 17.2 Å². The van der Waals surface area contributed by atoms with Gasteiger partial charge >= 0.3 is 0 Å². The molecule has 0 heterocycles. The van der Waals surface area contributed by atoms with Gasteiger partial charge < -0.3 is 19.5 Å². The fraction of sp³-hybridized carbons (Fsp3) is 0.250. The van der Waals surface area contributed by atoms with Crippen LogP contribution in [0.15, 0.2) is 46.9 Å². The van der Waals surface area contributed by atoms with Crippen molar-refractivity contribution < 1.29 is 14.2 Å². The van der Waals surface area contributed by atoms with Crippen LogP contribution < -0.4 is 19.5 Å². The highest BCUT2D eigenvalue weighted by molar-refractivity contribution is 9.10. The van der Waals surface area contributed by atoms with E-state index in [2.05, 4.69) is 21.2 Å². The Balaban J connectivity index is 1.90. The van der Waals surface area contributed by atoms with E-state index in [1.165, 1.54) is 0 Å². The normalized spacial score (nSPS) is 10.0. The molecule has 0 spiro atoms. The second-order valence-electron chi connectivity index (χ2n) is 4.27. The van der Waals surface area contributed by atoms with Crippen molar-refractivity contribution in [1.29, 1.82) is 0 Å². The van der Waals surface area contributed by atoms with Crippen molar-refractivity contribution in [2.45, 2.75) is 0 Å². The van der Waals surface area contributed by atoms with Crippen molar-refractivity contribution in [3.63, 3.8) is 0 Å². The topological polar surface area (TPSA) is 39.7 Å². The van der Waals surface area contributed by atoms with Crippen LogP contribution >= 0.6 is 15.9 Å². The third-order valence-corrected chi connectivity index (χ3v) is 3.43. The molecule has 0 fully saturated rings. The standard InChI is InChI=1S/C16H18BrNO3/c1-19-14-4-3-5-15(20-2)16(14)21-11-10-18-13-8-6-12(17)7-9-13/h3-9,18H,10-11H2,1-2H3. The van der Waals surface area contributed by atoms with Crippen molar-refractivity contribution in [3.05, 3.63) is 46.9 Å². The number of hydrogen-bond donors (Lipinski definition) is 1. The molecular formula is C16H18BrNO3. The van der Waals surface area contributed by atoms with E-state index in [0.717, 1.165) is 10.2 Å². The molecule has 112 valence electrons. The molecule has 0 unspecified atom stereocenters. The predicted octanol–water partition coefficient (Wildman–Crippen LogP) is 3.96.